The molecule has 1 unspecified atom stereocenters. The van der Waals surface area contributed by atoms with Gasteiger partial charge >= 0.3 is 0 Å². The molecule has 0 bridgehead atoms. The molecule has 3 heterocycles. The number of imidazole rings is 1. The number of carbonyl (C=O) groups excluding carboxylic acids is 2. The number of thiazole rings is 1. The van der Waals surface area contributed by atoms with Gasteiger partial charge in [-0.25, -0.2) is 4.98 Å². The first-order chi connectivity index (χ1) is 16.8. The minimum absolute atomic E-state index is 0.120. The van der Waals surface area contributed by atoms with Crippen LogP contribution in [0.2, 0.25) is 0 Å². The molecule has 1 amide bonds. The number of aromatic nitrogens is 2. The van der Waals surface area contributed by atoms with E-state index in [1.54, 1.807) is 4.90 Å². The molecule has 35 heavy (non-hydrogen) atoms. The van der Waals surface area contributed by atoms with Crippen LogP contribution in [0.15, 0.2) is 64.3 Å². The van der Waals surface area contributed by atoms with Gasteiger partial charge in [0.1, 0.15) is 0 Å². The number of fused-ring (bicyclic) bond motifs is 3. The highest BCUT2D eigenvalue weighted by Gasteiger charge is 2.44. The molecule has 0 saturated heterocycles. The number of carbonyl (C=O) groups is 2. The number of aliphatic hydroxyl groups excluding tert-OH is 1. The lowest BCUT2D eigenvalue weighted by atomic mass is 9.95. The van der Waals surface area contributed by atoms with E-state index in [1.165, 1.54) is 11.3 Å². The zero-order chi connectivity index (χ0) is 24.9. The van der Waals surface area contributed by atoms with Crippen molar-refractivity contribution >= 4 is 55.0 Å². The second-order valence-corrected chi connectivity index (χ2v) is 10.8. The first-order valence-electron chi connectivity index (χ1n) is 11.3. The lowest BCUT2D eigenvalue weighted by Crippen LogP contribution is -2.33. The Bertz CT molecular complexity index is 1500. The largest absolute Gasteiger partial charge is 0.503 e. The molecule has 0 fully saturated rings. The molecule has 9 heteroatoms. The number of halogens is 1. The van der Waals surface area contributed by atoms with Crippen LogP contribution in [0.4, 0.5) is 0 Å². The molecular formula is C26H25BrN4O3S. The number of hydrogen-bond donors (Lipinski definition) is 1. The van der Waals surface area contributed by atoms with Gasteiger partial charge in [0.15, 0.2) is 10.7 Å². The molecule has 5 rings (SSSR count). The van der Waals surface area contributed by atoms with Crippen LogP contribution in [-0.4, -0.2) is 63.2 Å². The predicted molar refractivity (Wildman–Crippen MR) is 141 cm³/mol. The van der Waals surface area contributed by atoms with Crippen molar-refractivity contribution in [2.45, 2.75) is 19.4 Å². The lowest BCUT2D eigenvalue weighted by molar-refractivity contribution is -0.129. The zero-order valence-corrected chi connectivity index (χ0v) is 22.1. The SMILES string of the molecule is Cc1c(C(=O)C2=C(O)C(=O)N(CCCN(C)C)C2c2cccc(Br)c2)sc2nc3ccccc3n12. The number of para-hydroxylation sites is 2. The summed E-state index contributed by atoms with van der Waals surface area (Å²) in [6, 6.07) is 14.7. The van der Waals surface area contributed by atoms with Gasteiger partial charge in [0.2, 0.25) is 5.78 Å². The van der Waals surface area contributed by atoms with Crippen molar-refractivity contribution in [3.63, 3.8) is 0 Å². The average Bonchev–Trinajstić information content (AvgIpc) is 3.43. The molecule has 1 aliphatic rings. The van der Waals surface area contributed by atoms with Gasteiger partial charge in [-0.3, -0.25) is 14.0 Å². The van der Waals surface area contributed by atoms with Crippen LogP contribution in [0.25, 0.3) is 16.0 Å². The van der Waals surface area contributed by atoms with Gasteiger partial charge in [-0.1, -0.05) is 51.5 Å². The van der Waals surface area contributed by atoms with Crippen LogP contribution in [-0.2, 0) is 4.79 Å². The minimum atomic E-state index is -0.666. The second-order valence-electron chi connectivity index (χ2n) is 8.94. The number of aryl methyl sites for hydroxylation is 1. The molecule has 1 N–H and O–H groups in total. The Morgan fingerprint density at radius 1 is 1.20 bits per heavy atom. The van der Waals surface area contributed by atoms with E-state index < -0.39 is 17.7 Å². The first-order valence-corrected chi connectivity index (χ1v) is 12.9. The maximum absolute atomic E-state index is 14.0. The van der Waals surface area contributed by atoms with E-state index in [-0.39, 0.29) is 11.4 Å². The van der Waals surface area contributed by atoms with E-state index in [4.69, 9.17) is 0 Å². The van der Waals surface area contributed by atoms with Crippen molar-refractivity contribution in [2.75, 3.05) is 27.2 Å². The van der Waals surface area contributed by atoms with Crippen molar-refractivity contribution in [2.24, 2.45) is 0 Å². The Morgan fingerprint density at radius 2 is 1.97 bits per heavy atom. The molecule has 180 valence electrons. The van der Waals surface area contributed by atoms with Gasteiger partial charge in [-0.2, -0.15) is 0 Å². The summed E-state index contributed by atoms with van der Waals surface area (Å²) in [5.41, 5.74) is 3.42. The molecule has 2 aromatic heterocycles. The monoisotopic (exact) mass is 552 g/mol. The van der Waals surface area contributed by atoms with Gasteiger partial charge in [0.25, 0.3) is 5.91 Å². The minimum Gasteiger partial charge on any atom is -0.503 e. The van der Waals surface area contributed by atoms with E-state index in [0.717, 1.165) is 39.7 Å². The van der Waals surface area contributed by atoms with Gasteiger partial charge < -0.3 is 14.9 Å². The van der Waals surface area contributed by atoms with Crippen LogP contribution in [0.5, 0.6) is 0 Å². The first kappa shape index (κ1) is 23.7. The number of benzene rings is 2. The van der Waals surface area contributed by atoms with Crippen molar-refractivity contribution < 1.29 is 14.7 Å². The molecule has 0 aliphatic carbocycles. The fraction of sp³-hybridized carbons (Fsp3) is 0.269. The van der Waals surface area contributed by atoms with Crippen LogP contribution in [0, 0.1) is 6.92 Å². The van der Waals surface area contributed by atoms with Crippen molar-refractivity contribution in [1.29, 1.82) is 0 Å². The van der Waals surface area contributed by atoms with Crippen molar-refractivity contribution in [3.8, 4) is 0 Å². The molecule has 2 aromatic carbocycles. The Hall–Kier alpha value is -3.01. The summed E-state index contributed by atoms with van der Waals surface area (Å²) in [7, 11) is 3.95. The Labute approximate surface area is 215 Å². The smallest absolute Gasteiger partial charge is 0.290 e. The maximum Gasteiger partial charge on any atom is 0.290 e. The molecule has 0 spiro atoms. The third-order valence-electron chi connectivity index (χ3n) is 6.31. The molecular weight excluding hydrogens is 528 g/mol. The molecule has 1 atom stereocenters. The molecule has 0 radical (unpaired) electrons. The third kappa shape index (κ3) is 4.07. The van der Waals surface area contributed by atoms with E-state index in [1.807, 2.05) is 78.9 Å². The Morgan fingerprint density at radius 3 is 2.71 bits per heavy atom. The van der Waals surface area contributed by atoms with Crippen LogP contribution < -0.4 is 0 Å². The number of Topliss-reactive ketones (excluding diaryl/α,β-unsaturated/α-hetero) is 1. The molecule has 7 nitrogen and oxygen atoms in total. The summed E-state index contributed by atoms with van der Waals surface area (Å²) in [6.07, 6.45) is 0.718. The van der Waals surface area contributed by atoms with E-state index >= 15 is 0 Å². The normalized spacial score (nSPS) is 16.4. The summed E-state index contributed by atoms with van der Waals surface area (Å²) in [4.78, 5) is 36.7. The summed E-state index contributed by atoms with van der Waals surface area (Å²) in [6.45, 7) is 3.09. The van der Waals surface area contributed by atoms with Crippen LogP contribution in [0.3, 0.4) is 0 Å². The summed E-state index contributed by atoms with van der Waals surface area (Å²) in [5, 5.41) is 11.0. The van der Waals surface area contributed by atoms with Gasteiger partial charge in [-0.15, -0.1) is 0 Å². The fourth-order valence-electron chi connectivity index (χ4n) is 4.69. The number of hydrogen-bond acceptors (Lipinski definition) is 6. The molecule has 1 aliphatic heterocycles. The standard InChI is InChI=1S/C26H25BrN4O3S/c1-15-24(35-26-28-18-10-4-5-11-19(18)31(15)26)22(32)20-21(16-8-6-9-17(27)14-16)30(25(34)23(20)33)13-7-12-29(2)3/h4-6,8-11,14,21,33H,7,12-13H2,1-3H3. The Kier molecular flexibility index (Phi) is 6.25. The quantitative estimate of drug-likeness (QED) is 0.321. The number of rotatable bonds is 7. The highest BCUT2D eigenvalue weighted by molar-refractivity contribution is 9.10. The highest BCUT2D eigenvalue weighted by atomic mass is 79.9. The molecule has 4 aromatic rings. The number of aliphatic hydroxyl groups is 1. The van der Waals surface area contributed by atoms with Gasteiger partial charge in [0, 0.05) is 16.7 Å². The van der Waals surface area contributed by atoms with E-state index in [0.29, 0.717) is 16.4 Å². The average molecular weight is 553 g/mol. The number of ketones is 1. The zero-order valence-electron chi connectivity index (χ0n) is 19.7. The molecule has 0 saturated carbocycles. The van der Waals surface area contributed by atoms with E-state index in [2.05, 4.69) is 20.9 Å². The van der Waals surface area contributed by atoms with E-state index in [9.17, 15) is 14.7 Å². The second kappa shape index (κ2) is 9.22. The number of nitrogens with zero attached hydrogens (tertiary/aromatic N) is 4. The van der Waals surface area contributed by atoms with Crippen molar-refractivity contribution in [1.82, 2.24) is 19.2 Å². The maximum atomic E-state index is 14.0. The summed E-state index contributed by atoms with van der Waals surface area (Å²) >= 11 is 4.79. The number of amides is 1. The third-order valence-corrected chi connectivity index (χ3v) is 7.95. The van der Waals surface area contributed by atoms with Gasteiger partial charge in [-0.05, 0) is 63.8 Å². The highest BCUT2D eigenvalue weighted by Crippen LogP contribution is 2.41. The summed E-state index contributed by atoms with van der Waals surface area (Å²) < 4.78 is 2.80. The lowest BCUT2D eigenvalue weighted by Gasteiger charge is -2.27. The van der Waals surface area contributed by atoms with Crippen LogP contribution >= 0.6 is 27.3 Å². The Balaban J connectivity index is 1.60. The predicted octanol–water partition coefficient (Wildman–Crippen LogP) is 5.15. The van der Waals surface area contributed by atoms with Gasteiger partial charge in [0.05, 0.1) is 27.5 Å². The summed E-state index contributed by atoms with van der Waals surface area (Å²) in [5.74, 6) is -1.32. The van der Waals surface area contributed by atoms with Crippen LogP contribution in [0.1, 0.15) is 33.4 Å². The topological polar surface area (TPSA) is 78.2 Å². The fourth-order valence-corrected chi connectivity index (χ4v) is 6.20. The van der Waals surface area contributed by atoms with Crippen molar-refractivity contribution in [3.05, 3.63) is 80.5 Å².